The largest absolute Gasteiger partial charge is 0.322 e. The van der Waals surface area contributed by atoms with Crippen molar-refractivity contribution < 1.29 is 13.2 Å². The van der Waals surface area contributed by atoms with Crippen LogP contribution in [0.5, 0.6) is 0 Å². The van der Waals surface area contributed by atoms with Crippen molar-refractivity contribution in [2.24, 2.45) is 5.14 Å². The molecule has 7 heteroatoms. The Morgan fingerprint density at radius 2 is 1.83 bits per heavy atom. The third-order valence-electron chi connectivity index (χ3n) is 4.31. The predicted octanol–water partition coefficient (Wildman–Crippen LogP) is 3.00. The van der Waals surface area contributed by atoms with Crippen LogP contribution in [0.2, 0.25) is 0 Å². The number of anilines is 1. The van der Waals surface area contributed by atoms with Gasteiger partial charge in [-0.3, -0.25) is 4.79 Å². The minimum Gasteiger partial charge on any atom is -0.322 e. The molecule has 1 amide bonds. The van der Waals surface area contributed by atoms with E-state index in [0.29, 0.717) is 28.1 Å². The van der Waals surface area contributed by atoms with E-state index in [2.05, 4.69) is 22.1 Å². The maximum absolute atomic E-state index is 12.7. The van der Waals surface area contributed by atoms with Gasteiger partial charge in [0.25, 0.3) is 5.91 Å². The van der Waals surface area contributed by atoms with E-state index in [1.807, 2.05) is 18.2 Å². The van der Waals surface area contributed by atoms with Crippen molar-refractivity contribution in [3.8, 4) is 11.8 Å². The third-order valence-corrected chi connectivity index (χ3v) is 5.35. The van der Waals surface area contributed by atoms with Gasteiger partial charge in [-0.05, 0) is 73.4 Å². The van der Waals surface area contributed by atoms with Gasteiger partial charge < -0.3 is 5.32 Å². The highest BCUT2D eigenvalue weighted by atomic mass is 32.2. The van der Waals surface area contributed by atoms with Crippen molar-refractivity contribution in [3.63, 3.8) is 0 Å². The Bertz CT molecular complexity index is 1240. The molecular formula is C22H19N3O3S. The molecule has 3 aromatic rings. The lowest BCUT2D eigenvalue weighted by Gasteiger charge is -2.11. The van der Waals surface area contributed by atoms with E-state index in [0.717, 1.165) is 0 Å². The van der Waals surface area contributed by atoms with Crippen LogP contribution in [0.1, 0.15) is 32.7 Å². The van der Waals surface area contributed by atoms with Gasteiger partial charge in [0.05, 0.1) is 4.90 Å². The van der Waals surface area contributed by atoms with E-state index >= 15 is 0 Å². The van der Waals surface area contributed by atoms with E-state index in [1.54, 1.807) is 50.4 Å². The number of nitrogens with zero attached hydrogens (tertiary/aromatic N) is 1. The number of aryl methyl sites for hydroxylation is 1. The number of primary sulfonamides is 1. The summed E-state index contributed by atoms with van der Waals surface area (Å²) >= 11 is 0. The summed E-state index contributed by atoms with van der Waals surface area (Å²) in [5, 5.41) is 8.03. The number of carbonyl (C=O) groups excluding carboxylic acids is 1. The zero-order valence-electron chi connectivity index (χ0n) is 15.9. The Kier molecular flexibility index (Phi) is 5.78. The van der Waals surface area contributed by atoms with Gasteiger partial charge in [-0.2, -0.15) is 0 Å². The van der Waals surface area contributed by atoms with Gasteiger partial charge in [-0.25, -0.2) is 18.5 Å². The first-order valence-electron chi connectivity index (χ1n) is 8.72. The number of benzene rings is 2. The fourth-order valence-corrected chi connectivity index (χ4v) is 3.58. The SMILES string of the molecule is Cc1cc(C(=O)Nc2cccc(C#Cc3ccccn3)c2)cc(S(N)(=O)=O)c1C. The van der Waals surface area contributed by atoms with Crippen molar-refractivity contribution in [3.05, 3.63) is 88.7 Å². The van der Waals surface area contributed by atoms with Crippen molar-refractivity contribution in [2.45, 2.75) is 18.7 Å². The van der Waals surface area contributed by atoms with Crippen LogP contribution in [-0.2, 0) is 10.0 Å². The van der Waals surface area contributed by atoms with Crippen molar-refractivity contribution in [1.82, 2.24) is 4.98 Å². The molecule has 1 aromatic heterocycles. The lowest BCUT2D eigenvalue weighted by Crippen LogP contribution is -2.18. The topological polar surface area (TPSA) is 102 Å². The molecule has 0 aliphatic rings. The number of hydrogen-bond donors (Lipinski definition) is 2. The molecule has 0 fully saturated rings. The van der Waals surface area contributed by atoms with Crippen molar-refractivity contribution in [1.29, 1.82) is 0 Å². The summed E-state index contributed by atoms with van der Waals surface area (Å²) < 4.78 is 23.6. The van der Waals surface area contributed by atoms with Crippen LogP contribution >= 0.6 is 0 Å². The molecule has 0 saturated carbocycles. The molecule has 0 aliphatic carbocycles. The molecule has 29 heavy (non-hydrogen) atoms. The Labute approximate surface area is 169 Å². The van der Waals surface area contributed by atoms with Gasteiger partial charge in [0.1, 0.15) is 5.69 Å². The second kappa shape index (κ2) is 8.27. The van der Waals surface area contributed by atoms with E-state index in [1.165, 1.54) is 6.07 Å². The highest BCUT2D eigenvalue weighted by molar-refractivity contribution is 7.89. The van der Waals surface area contributed by atoms with Crippen molar-refractivity contribution in [2.75, 3.05) is 5.32 Å². The molecule has 0 spiro atoms. The van der Waals surface area contributed by atoms with Crippen LogP contribution in [0.4, 0.5) is 5.69 Å². The highest BCUT2D eigenvalue weighted by Gasteiger charge is 2.17. The van der Waals surface area contributed by atoms with Gasteiger partial charge >= 0.3 is 0 Å². The standard InChI is InChI=1S/C22H19N3O3S/c1-15-12-18(14-21(16(15)2)29(23,27)28)22(26)25-20-8-5-6-17(13-20)9-10-19-7-3-4-11-24-19/h3-8,11-14H,1-2H3,(H,25,26)(H2,23,27,28). The second-order valence-electron chi connectivity index (χ2n) is 6.46. The summed E-state index contributed by atoms with van der Waals surface area (Å²) in [5.74, 6) is 5.52. The number of carbonyl (C=O) groups is 1. The second-order valence-corrected chi connectivity index (χ2v) is 7.99. The Morgan fingerprint density at radius 1 is 1.03 bits per heavy atom. The number of hydrogen-bond acceptors (Lipinski definition) is 4. The van der Waals surface area contributed by atoms with E-state index in [-0.39, 0.29) is 10.5 Å². The van der Waals surface area contributed by atoms with Gasteiger partial charge in [0.2, 0.25) is 10.0 Å². The number of nitrogens with two attached hydrogens (primary N) is 1. The summed E-state index contributed by atoms with van der Waals surface area (Å²) in [6, 6.07) is 15.4. The molecule has 3 N–H and O–H groups in total. The van der Waals surface area contributed by atoms with Gasteiger partial charge in [-0.15, -0.1) is 0 Å². The Morgan fingerprint density at radius 3 is 2.52 bits per heavy atom. The molecule has 0 aliphatic heterocycles. The Balaban J connectivity index is 1.85. The molecule has 0 radical (unpaired) electrons. The predicted molar refractivity (Wildman–Crippen MR) is 112 cm³/mol. The van der Waals surface area contributed by atoms with Gasteiger partial charge in [0.15, 0.2) is 0 Å². The van der Waals surface area contributed by atoms with Crippen LogP contribution in [0, 0.1) is 25.7 Å². The molecule has 146 valence electrons. The fraction of sp³-hybridized carbons (Fsp3) is 0.0909. The quantitative estimate of drug-likeness (QED) is 0.654. The molecule has 0 bridgehead atoms. The maximum Gasteiger partial charge on any atom is 0.255 e. The molecule has 0 atom stereocenters. The van der Waals surface area contributed by atoms with E-state index in [9.17, 15) is 13.2 Å². The lowest BCUT2D eigenvalue weighted by atomic mass is 10.1. The first kappa shape index (κ1) is 20.3. The van der Waals surface area contributed by atoms with Crippen LogP contribution in [0.3, 0.4) is 0 Å². The summed E-state index contributed by atoms with van der Waals surface area (Å²) in [5.41, 5.74) is 3.29. The molecule has 1 heterocycles. The lowest BCUT2D eigenvalue weighted by molar-refractivity contribution is 0.102. The zero-order valence-corrected chi connectivity index (χ0v) is 16.7. The van der Waals surface area contributed by atoms with Crippen LogP contribution < -0.4 is 10.5 Å². The normalized spacial score (nSPS) is 10.7. The number of nitrogens with one attached hydrogen (secondary N) is 1. The number of pyridine rings is 1. The van der Waals surface area contributed by atoms with E-state index in [4.69, 9.17) is 5.14 Å². The number of sulfonamides is 1. The first-order chi connectivity index (χ1) is 13.7. The fourth-order valence-electron chi connectivity index (χ4n) is 2.70. The summed E-state index contributed by atoms with van der Waals surface area (Å²) in [6.45, 7) is 3.38. The first-order valence-corrected chi connectivity index (χ1v) is 10.3. The maximum atomic E-state index is 12.7. The molecule has 3 rings (SSSR count). The molecule has 0 saturated heterocycles. The number of amides is 1. The highest BCUT2D eigenvalue weighted by Crippen LogP contribution is 2.21. The molecule has 0 unspecified atom stereocenters. The number of rotatable bonds is 3. The molecular weight excluding hydrogens is 386 g/mol. The monoisotopic (exact) mass is 405 g/mol. The number of aromatic nitrogens is 1. The molecule has 6 nitrogen and oxygen atoms in total. The Hall–Kier alpha value is -3.47. The van der Waals surface area contributed by atoms with Gasteiger partial charge in [-0.1, -0.05) is 18.1 Å². The minimum absolute atomic E-state index is 0.0578. The average Bonchev–Trinajstić information content (AvgIpc) is 2.68. The van der Waals surface area contributed by atoms with Crippen molar-refractivity contribution >= 4 is 21.6 Å². The third kappa shape index (κ3) is 5.08. The minimum atomic E-state index is -3.93. The molecule has 2 aromatic carbocycles. The zero-order chi connectivity index (χ0) is 21.0. The average molecular weight is 405 g/mol. The van der Waals surface area contributed by atoms with Gasteiger partial charge in [0, 0.05) is 23.0 Å². The van der Waals surface area contributed by atoms with Crippen LogP contribution in [-0.4, -0.2) is 19.3 Å². The van der Waals surface area contributed by atoms with Crippen LogP contribution in [0.25, 0.3) is 0 Å². The van der Waals surface area contributed by atoms with E-state index < -0.39 is 15.9 Å². The summed E-state index contributed by atoms with van der Waals surface area (Å²) in [4.78, 5) is 16.7. The van der Waals surface area contributed by atoms with Crippen LogP contribution in [0.15, 0.2) is 65.7 Å². The summed E-state index contributed by atoms with van der Waals surface area (Å²) in [7, 11) is -3.93. The summed E-state index contributed by atoms with van der Waals surface area (Å²) in [6.07, 6.45) is 1.67. The smallest absolute Gasteiger partial charge is 0.255 e.